The fraction of sp³-hybridized carbons (Fsp3) is 0.440. The number of carbonyl (C=O) groups excluding carboxylic acids is 2. The SMILES string of the molecule is Cc1ccc(NC(=O)NC2CCN(c3ccccc3C(=O)N3CCCCC3)CC2)cc1. The van der Waals surface area contributed by atoms with Crippen LogP contribution in [0.1, 0.15) is 48.0 Å². The van der Waals surface area contributed by atoms with E-state index in [0.717, 1.165) is 74.4 Å². The van der Waals surface area contributed by atoms with Crippen molar-refractivity contribution in [3.63, 3.8) is 0 Å². The van der Waals surface area contributed by atoms with Gasteiger partial charge in [0.25, 0.3) is 5.91 Å². The lowest BCUT2D eigenvalue weighted by Crippen LogP contribution is -2.46. The van der Waals surface area contributed by atoms with Crippen LogP contribution in [0.4, 0.5) is 16.2 Å². The molecule has 2 heterocycles. The van der Waals surface area contributed by atoms with Crippen LogP contribution in [-0.4, -0.2) is 49.1 Å². The predicted molar refractivity (Wildman–Crippen MR) is 125 cm³/mol. The van der Waals surface area contributed by atoms with E-state index >= 15 is 0 Å². The summed E-state index contributed by atoms with van der Waals surface area (Å²) in [6.07, 6.45) is 5.11. The van der Waals surface area contributed by atoms with Gasteiger partial charge in [0, 0.05) is 43.6 Å². The Kier molecular flexibility index (Phi) is 6.75. The van der Waals surface area contributed by atoms with Crippen LogP contribution in [-0.2, 0) is 0 Å². The topological polar surface area (TPSA) is 64.7 Å². The second kappa shape index (κ2) is 9.86. The molecule has 0 unspecified atom stereocenters. The number of nitrogens with one attached hydrogen (secondary N) is 2. The van der Waals surface area contributed by atoms with E-state index in [1.807, 2.05) is 54.3 Å². The average molecular weight is 421 g/mol. The highest BCUT2D eigenvalue weighted by Gasteiger charge is 2.26. The maximum Gasteiger partial charge on any atom is 0.319 e. The summed E-state index contributed by atoms with van der Waals surface area (Å²) in [5, 5.41) is 6.00. The first-order valence-corrected chi connectivity index (χ1v) is 11.4. The summed E-state index contributed by atoms with van der Waals surface area (Å²) in [4.78, 5) is 29.7. The second-order valence-electron chi connectivity index (χ2n) is 8.60. The van der Waals surface area contributed by atoms with Gasteiger partial charge in [0.1, 0.15) is 0 Å². The Morgan fingerprint density at radius 2 is 1.55 bits per heavy atom. The third-order valence-corrected chi connectivity index (χ3v) is 6.26. The molecule has 6 heteroatoms. The molecule has 164 valence electrons. The average Bonchev–Trinajstić information content (AvgIpc) is 2.81. The third-order valence-electron chi connectivity index (χ3n) is 6.26. The fourth-order valence-corrected chi connectivity index (χ4v) is 4.45. The number of benzene rings is 2. The largest absolute Gasteiger partial charge is 0.371 e. The van der Waals surface area contributed by atoms with Gasteiger partial charge in [-0.05, 0) is 63.3 Å². The van der Waals surface area contributed by atoms with Crippen LogP contribution >= 0.6 is 0 Å². The van der Waals surface area contributed by atoms with Gasteiger partial charge in [0.15, 0.2) is 0 Å². The van der Waals surface area contributed by atoms with Crippen molar-refractivity contribution in [1.29, 1.82) is 0 Å². The number of nitrogens with zero attached hydrogens (tertiary/aromatic N) is 2. The summed E-state index contributed by atoms with van der Waals surface area (Å²) >= 11 is 0. The van der Waals surface area contributed by atoms with Crippen LogP contribution in [0.3, 0.4) is 0 Å². The van der Waals surface area contributed by atoms with E-state index in [9.17, 15) is 9.59 Å². The van der Waals surface area contributed by atoms with Crippen molar-refractivity contribution in [1.82, 2.24) is 10.2 Å². The van der Waals surface area contributed by atoms with E-state index in [-0.39, 0.29) is 18.0 Å². The van der Waals surface area contributed by atoms with Crippen LogP contribution in [0, 0.1) is 6.92 Å². The Balaban J connectivity index is 1.33. The molecule has 2 aliphatic heterocycles. The monoisotopic (exact) mass is 420 g/mol. The summed E-state index contributed by atoms with van der Waals surface area (Å²) < 4.78 is 0. The molecule has 2 saturated heterocycles. The predicted octanol–water partition coefficient (Wildman–Crippen LogP) is 4.41. The van der Waals surface area contributed by atoms with Gasteiger partial charge in [-0.15, -0.1) is 0 Å². The van der Waals surface area contributed by atoms with Gasteiger partial charge in [-0.1, -0.05) is 29.8 Å². The molecule has 3 amide bonds. The summed E-state index contributed by atoms with van der Waals surface area (Å²) in [7, 11) is 0. The second-order valence-corrected chi connectivity index (χ2v) is 8.60. The van der Waals surface area contributed by atoms with Crippen molar-refractivity contribution in [3.8, 4) is 0 Å². The lowest BCUT2D eigenvalue weighted by molar-refractivity contribution is 0.0725. The number of likely N-dealkylation sites (tertiary alicyclic amines) is 1. The maximum absolute atomic E-state index is 13.1. The van der Waals surface area contributed by atoms with Crippen LogP contribution in [0.25, 0.3) is 0 Å². The Bertz CT molecular complexity index is 898. The standard InChI is InChI=1S/C25H32N4O2/c1-19-9-11-20(12-10-19)26-25(31)27-21-13-17-28(18-14-21)23-8-4-3-7-22(23)24(30)29-15-5-2-6-16-29/h3-4,7-12,21H,2,5-6,13-18H2,1H3,(H2,26,27,31). The number of hydrogen-bond acceptors (Lipinski definition) is 3. The molecule has 2 aromatic carbocycles. The van der Waals surface area contributed by atoms with E-state index < -0.39 is 0 Å². The Hall–Kier alpha value is -3.02. The Morgan fingerprint density at radius 1 is 0.871 bits per heavy atom. The van der Waals surface area contributed by atoms with Gasteiger partial charge >= 0.3 is 6.03 Å². The minimum atomic E-state index is -0.164. The Labute approximate surface area is 184 Å². The summed E-state index contributed by atoms with van der Waals surface area (Å²) in [5.74, 6) is 0.146. The lowest BCUT2D eigenvalue weighted by atomic mass is 10.0. The van der Waals surface area contributed by atoms with Crippen LogP contribution in [0.2, 0.25) is 0 Å². The zero-order valence-electron chi connectivity index (χ0n) is 18.3. The first-order chi connectivity index (χ1) is 15.1. The van der Waals surface area contributed by atoms with Gasteiger partial charge < -0.3 is 20.4 Å². The minimum Gasteiger partial charge on any atom is -0.371 e. The molecule has 2 aromatic rings. The van der Waals surface area contributed by atoms with Crippen LogP contribution < -0.4 is 15.5 Å². The highest BCUT2D eigenvalue weighted by molar-refractivity contribution is 6.00. The molecule has 0 aromatic heterocycles. The molecule has 2 aliphatic rings. The molecular weight excluding hydrogens is 388 g/mol. The lowest BCUT2D eigenvalue weighted by Gasteiger charge is -2.35. The molecule has 0 bridgehead atoms. The van der Waals surface area contributed by atoms with E-state index in [0.29, 0.717) is 0 Å². The number of urea groups is 1. The van der Waals surface area contributed by atoms with Crippen LogP contribution in [0.15, 0.2) is 48.5 Å². The van der Waals surface area contributed by atoms with Gasteiger partial charge in [-0.2, -0.15) is 0 Å². The molecule has 0 radical (unpaired) electrons. The zero-order chi connectivity index (χ0) is 21.6. The minimum absolute atomic E-state index is 0.131. The molecule has 0 saturated carbocycles. The number of aryl methyl sites for hydroxylation is 1. The molecule has 2 fully saturated rings. The van der Waals surface area contributed by atoms with Crippen molar-refractivity contribution in [2.45, 2.75) is 45.1 Å². The smallest absolute Gasteiger partial charge is 0.319 e. The Morgan fingerprint density at radius 3 is 2.26 bits per heavy atom. The summed E-state index contributed by atoms with van der Waals surface area (Å²) in [5.41, 5.74) is 3.77. The number of anilines is 2. The van der Waals surface area contributed by atoms with Crippen molar-refractivity contribution in [2.75, 3.05) is 36.4 Å². The first-order valence-electron chi connectivity index (χ1n) is 11.4. The first kappa shape index (κ1) is 21.2. The summed E-state index contributed by atoms with van der Waals surface area (Å²) in [6.45, 7) is 5.37. The number of piperidine rings is 2. The zero-order valence-corrected chi connectivity index (χ0v) is 18.3. The molecule has 0 atom stereocenters. The van der Waals surface area contributed by atoms with Crippen molar-refractivity contribution < 1.29 is 9.59 Å². The normalized spacial score (nSPS) is 17.3. The molecule has 4 rings (SSSR count). The van der Waals surface area contributed by atoms with Gasteiger partial charge in [0.05, 0.1) is 5.56 Å². The van der Waals surface area contributed by atoms with Crippen LogP contribution in [0.5, 0.6) is 0 Å². The quantitative estimate of drug-likeness (QED) is 0.770. The fourth-order valence-electron chi connectivity index (χ4n) is 4.45. The third kappa shape index (κ3) is 5.37. The molecule has 0 aliphatic carbocycles. The number of amides is 3. The number of rotatable bonds is 4. The molecular formula is C25H32N4O2. The van der Waals surface area contributed by atoms with Crippen molar-refractivity contribution in [2.24, 2.45) is 0 Å². The molecule has 6 nitrogen and oxygen atoms in total. The van der Waals surface area contributed by atoms with Crippen molar-refractivity contribution >= 4 is 23.3 Å². The van der Waals surface area contributed by atoms with E-state index in [2.05, 4.69) is 21.6 Å². The molecule has 31 heavy (non-hydrogen) atoms. The maximum atomic E-state index is 13.1. The van der Waals surface area contributed by atoms with E-state index in [1.54, 1.807) is 0 Å². The van der Waals surface area contributed by atoms with E-state index in [1.165, 1.54) is 6.42 Å². The number of para-hydroxylation sites is 1. The van der Waals surface area contributed by atoms with Gasteiger partial charge in [-0.3, -0.25) is 4.79 Å². The van der Waals surface area contributed by atoms with Gasteiger partial charge in [0.2, 0.25) is 0 Å². The van der Waals surface area contributed by atoms with Gasteiger partial charge in [-0.25, -0.2) is 4.79 Å². The van der Waals surface area contributed by atoms with Crippen molar-refractivity contribution in [3.05, 3.63) is 59.7 Å². The molecule has 0 spiro atoms. The highest BCUT2D eigenvalue weighted by atomic mass is 16.2. The highest BCUT2D eigenvalue weighted by Crippen LogP contribution is 2.26. The number of carbonyl (C=O) groups is 2. The summed E-state index contributed by atoms with van der Waals surface area (Å²) in [6, 6.07) is 15.7. The van der Waals surface area contributed by atoms with E-state index in [4.69, 9.17) is 0 Å². The molecule has 2 N–H and O–H groups in total. The number of hydrogen-bond donors (Lipinski definition) is 2.